The zero-order valence-corrected chi connectivity index (χ0v) is 18.4. The van der Waals surface area contributed by atoms with Crippen molar-refractivity contribution in [2.24, 2.45) is 0 Å². The molecule has 0 bridgehead atoms. The third-order valence-corrected chi connectivity index (χ3v) is 5.72. The zero-order chi connectivity index (χ0) is 24.2. The molecule has 1 heterocycles. The number of methoxy groups -OCH3 is 1. The van der Waals surface area contributed by atoms with E-state index in [1.54, 1.807) is 19.2 Å². The summed E-state index contributed by atoms with van der Waals surface area (Å²) in [6.07, 6.45) is 0.180. The molecule has 0 unspecified atom stereocenters. The average Bonchev–Trinajstić information content (AvgIpc) is 3.13. The van der Waals surface area contributed by atoms with Crippen molar-refractivity contribution < 1.29 is 27.9 Å². The normalized spacial score (nSPS) is 15.5. The van der Waals surface area contributed by atoms with E-state index in [4.69, 9.17) is 4.74 Å². The number of hydrogen-bond donors (Lipinski definition) is 0. The Morgan fingerprint density at radius 1 is 1.00 bits per heavy atom. The van der Waals surface area contributed by atoms with Gasteiger partial charge in [0.05, 0.1) is 19.2 Å². The standard InChI is InChI=1S/C26H22F2N2O4/c1-34-22-11-5-17(6-12-22)13-14-29(25(32)18-3-2-4-20(28)15-18)23-16-24(31)30(26(23)33)21-9-7-19(27)8-10-21/h2-12,15,23H,13-14,16H2,1H3/t23-/m1/s1. The van der Waals surface area contributed by atoms with Gasteiger partial charge < -0.3 is 9.64 Å². The Balaban J connectivity index is 1.62. The number of rotatable bonds is 7. The van der Waals surface area contributed by atoms with Crippen LogP contribution in [-0.2, 0) is 16.0 Å². The summed E-state index contributed by atoms with van der Waals surface area (Å²) in [5.41, 5.74) is 1.20. The quantitative estimate of drug-likeness (QED) is 0.496. The largest absolute Gasteiger partial charge is 0.497 e. The smallest absolute Gasteiger partial charge is 0.257 e. The lowest BCUT2D eigenvalue weighted by atomic mass is 10.1. The van der Waals surface area contributed by atoms with Gasteiger partial charge in [0, 0.05) is 12.1 Å². The predicted molar refractivity (Wildman–Crippen MR) is 121 cm³/mol. The first-order chi connectivity index (χ1) is 16.4. The van der Waals surface area contributed by atoms with Crippen LogP contribution in [0, 0.1) is 11.6 Å². The van der Waals surface area contributed by atoms with Crippen molar-refractivity contribution >= 4 is 23.4 Å². The highest BCUT2D eigenvalue weighted by molar-refractivity contribution is 6.23. The van der Waals surface area contributed by atoms with Crippen LogP contribution in [0.2, 0.25) is 0 Å². The Kier molecular flexibility index (Phi) is 6.67. The lowest BCUT2D eigenvalue weighted by molar-refractivity contribution is -0.122. The summed E-state index contributed by atoms with van der Waals surface area (Å²) in [6, 6.07) is 16.4. The molecular weight excluding hydrogens is 442 g/mol. The third kappa shape index (κ3) is 4.80. The van der Waals surface area contributed by atoms with E-state index in [1.807, 2.05) is 12.1 Å². The van der Waals surface area contributed by atoms with Crippen LogP contribution in [0.15, 0.2) is 72.8 Å². The topological polar surface area (TPSA) is 66.9 Å². The van der Waals surface area contributed by atoms with Gasteiger partial charge >= 0.3 is 0 Å². The van der Waals surface area contributed by atoms with Crippen molar-refractivity contribution in [2.45, 2.75) is 18.9 Å². The van der Waals surface area contributed by atoms with Gasteiger partial charge in [-0.15, -0.1) is 0 Å². The van der Waals surface area contributed by atoms with E-state index < -0.39 is 35.4 Å². The van der Waals surface area contributed by atoms with E-state index in [0.29, 0.717) is 12.2 Å². The molecule has 3 amide bonds. The number of hydrogen-bond acceptors (Lipinski definition) is 4. The van der Waals surface area contributed by atoms with Gasteiger partial charge in [0.15, 0.2) is 0 Å². The van der Waals surface area contributed by atoms with Crippen molar-refractivity contribution in [2.75, 3.05) is 18.6 Å². The summed E-state index contributed by atoms with van der Waals surface area (Å²) in [6.45, 7) is 0.128. The number of halogens is 2. The van der Waals surface area contributed by atoms with Gasteiger partial charge in [-0.2, -0.15) is 0 Å². The highest BCUT2D eigenvalue weighted by Gasteiger charge is 2.44. The first-order valence-electron chi connectivity index (χ1n) is 10.7. The Labute approximate surface area is 195 Å². The summed E-state index contributed by atoms with van der Waals surface area (Å²) in [4.78, 5) is 41.6. The van der Waals surface area contributed by atoms with E-state index in [0.717, 1.165) is 28.7 Å². The lowest BCUT2D eigenvalue weighted by Gasteiger charge is -2.28. The van der Waals surface area contributed by atoms with Crippen LogP contribution in [-0.4, -0.2) is 42.3 Å². The molecule has 0 aliphatic carbocycles. The van der Waals surface area contributed by atoms with Crippen molar-refractivity contribution in [1.29, 1.82) is 0 Å². The van der Waals surface area contributed by atoms with Gasteiger partial charge in [-0.1, -0.05) is 18.2 Å². The minimum absolute atomic E-state index is 0.0789. The summed E-state index contributed by atoms with van der Waals surface area (Å²) in [5.74, 6) is -2.04. The SMILES string of the molecule is COc1ccc(CCN(C(=O)c2cccc(F)c2)[C@@H]2CC(=O)N(c3ccc(F)cc3)C2=O)cc1. The Morgan fingerprint density at radius 2 is 1.71 bits per heavy atom. The molecule has 174 valence electrons. The number of imide groups is 1. The molecule has 0 spiro atoms. The molecule has 8 heteroatoms. The maximum Gasteiger partial charge on any atom is 0.257 e. The molecule has 1 aliphatic heterocycles. The fourth-order valence-electron chi connectivity index (χ4n) is 3.95. The summed E-state index contributed by atoms with van der Waals surface area (Å²) >= 11 is 0. The molecule has 1 aliphatic rings. The second kappa shape index (κ2) is 9.82. The average molecular weight is 464 g/mol. The van der Waals surface area contributed by atoms with Crippen LogP contribution in [0.25, 0.3) is 0 Å². The highest BCUT2D eigenvalue weighted by Crippen LogP contribution is 2.27. The first-order valence-corrected chi connectivity index (χ1v) is 10.7. The Morgan fingerprint density at radius 3 is 2.35 bits per heavy atom. The molecule has 34 heavy (non-hydrogen) atoms. The number of benzene rings is 3. The van der Waals surface area contributed by atoms with E-state index in [9.17, 15) is 23.2 Å². The van der Waals surface area contributed by atoms with Gasteiger partial charge in [0.25, 0.3) is 11.8 Å². The van der Waals surface area contributed by atoms with Crippen LogP contribution in [0.1, 0.15) is 22.3 Å². The number of carbonyl (C=O) groups excluding carboxylic acids is 3. The molecule has 4 rings (SSSR count). The number of amides is 3. The molecule has 1 atom stereocenters. The summed E-state index contributed by atoms with van der Waals surface area (Å²) in [7, 11) is 1.56. The fraction of sp³-hybridized carbons (Fsp3) is 0.192. The van der Waals surface area contributed by atoms with Crippen LogP contribution in [0.3, 0.4) is 0 Å². The molecule has 1 saturated heterocycles. The van der Waals surface area contributed by atoms with Crippen molar-refractivity contribution in [3.05, 3.63) is 95.6 Å². The zero-order valence-electron chi connectivity index (χ0n) is 18.4. The van der Waals surface area contributed by atoms with Gasteiger partial charge in [-0.25, -0.2) is 13.7 Å². The van der Waals surface area contributed by atoms with Crippen LogP contribution in [0.4, 0.5) is 14.5 Å². The maximum absolute atomic E-state index is 13.8. The highest BCUT2D eigenvalue weighted by atomic mass is 19.1. The van der Waals surface area contributed by atoms with Crippen LogP contribution in [0.5, 0.6) is 5.75 Å². The van der Waals surface area contributed by atoms with Gasteiger partial charge in [-0.3, -0.25) is 14.4 Å². The van der Waals surface area contributed by atoms with Gasteiger partial charge in [-0.05, 0) is 66.6 Å². The molecule has 1 fully saturated rings. The minimum Gasteiger partial charge on any atom is -0.497 e. The number of nitrogens with zero attached hydrogens (tertiary/aromatic N) is 2. The molecule has 6 nitrogen and oxygen atoms in total. The van der Waals surface area contributed by atoms with Crippen LogP contribution < -0.4 is 9.64 Å². The summed E-state index contributed by atoms with van der Waals surface area (Å²) in [5, 5.41) is 0. The molecular formula is C26H22F2N2O4. The van der Waals surface area contributed by atoms with Crippen molar-refractivity contribution in [3.63, 3.8) is 0 Å². The van der Waals surface area contributed by atoms with Gasteiger partial charge in [0.1, 0.15) is 23.4 Å². The molecule has 3 aromatic carbocycles. The van der Waals surface area contributed by atoms with E-state index in [2.05, 4.69) is 0 Å². The second-order valence-corrected chi connectivity index (χ2v) is 7.87. The number of anilines is 1. The molecule has 0 aromatic heterocycles. The van der Waals surface area contributed by atoms with E-state index in [1.165, 1.54) is 35.2 Å². The minimum atomic E-state index is -1.06. The van der Waals surface area contributed by atoms with E-state index in [-0.39, 0.29) is 24.2 Å². The molecule has 0 radical (unpaired) electrons. The molecule has 3 aromatic rings. The summed E-state index contributed by atoms with van der Waals surface area (Å²) < 4.78 is 32.3. The number of ether oxygens (including phenoxy) is 1. The van der Waals surface area contributed by atoms with Crippen molar-refractivity contribution in [1.82, 2.24) is 4.90 Å². The Hall–Kier alpha value is -4.07. The maximum atomic E-state index is 13.8. The Bertz CT molecular complexity index is 1210. The monoisotopic (exact) mass is 464 g/mol. The fourth-order valence-corrected chi connectivity index (χ4v) is 3.95. The number of carbonyl (C=O) groups is 3. The first kappa shape index (κ1) is 23.1. The van der Waals surface area contributed by atoms with Crippen molar-refractivity contribution in [3.8, 4) is 5.75 Å². The third-order valence-electron chi connectivity index (χ3n) is 5.72. The second-order valence-electron chi connectivity index (χ2n) is 7.87. The lowest BCUT2D eigenvalue weighted by Crippen LogP contribution is -2.46. The van der Waals surface area contributed by atoms with Gasteiger partial charge in [0.2, 0.25) is 5.91 Å². The van der Waals surface area contributed by atoms with Crippen LogP contribution >= 0.6 is 0 Å². The molecule has 0 saturated carbocycles. The van der Waals surface area contributed by atoms with E-state index >= 15 is 0 Å². The molecule has 0 N–H and O–H groups in total. The predicted octanol–water partition coefficient (Wildman–Crippen LogP) is 3.99.